The second kappa shape index (κ2) is 4.99. The minimum absolute atomic E-state index is 0.0687. The lowest BCUT2D eigenvalue weighted by Crippen LogP contribution is -2.34. The summed E-state index contributed by atoms with van der Waals surface area (Å²) in [6.45, 7) is 4.14. The van der Waals surface area contributed by atoms with E-state index in [9.17, 15) is 9.59 Å². The maximum absolute atomic E-state index is 12.0. The standard InChI is InChI=1S/C12H17N3O4/c1-8-13-9(19-14-8)3-4-10(16)15-6-5-12(2,7-15)11(17)18/h3-7H2,1-2H3,(H,17,18). The van der Waals surface area contributed by atoms with Crippen LogP contribution in [0.2, 0.25) is 0 Å². The van der Waals surface area contributed by atoms with Crippen LogP contribution in [-0.2, 0) is 16.0 Å². The Kier molecular flexibility index (Phi) is 3.55. The van der Waals surface area contributed by atoms with E-state index in [1.165, 1.54) is 0 Å². The van der Waals surface area contributed by atoms with Crippen LogP contribution in [0.5, 0.6) is 0 Å². The highest BCUT2D eigenvalue weighted by Gasteiger charge is 2.41. The summed E-state index contributed by atoms with van der Waals surface area (Å²) in [4.78, 5) is 28.7. The molecule has 1 atom stereocenters. The molecule has 2 heterocycles. The molecule has 0 aliphatic carbocycles. The Balaban J connectivity index is 1.86. The smallest absolute Gasteiger partial charge is 0.311 e. The summed E-state index contributed by atoms with van der Waals surface area (Å²) in [7, 11) is 0. The summed E-state index contributed by atoms with van der Waals surface area (Å²) in [6, 6.07) is 0. The second-order valence-electron chi connectivity index (χ2n) is 5.17. The van der Waals surface area contributed by atoms with E-state index in [2.05, 4.69) is 10.1 Å². The zero-order valence-electron chi connectivity index (χ0n) is 11.0. The quantitative estimate of drug-likeness (QED) is 0.859. The molecule has 1 aromatic rings. The highest BCUT2D eigenvalue weighted by Crippen LogP contribution is 2.30. The normalized spacial score (nSPS) is 22.7. The first-order chi connectivity index (χ1) is 8.90. The first kappa shape index (κ1) is 13.5. The molecule has 1 aliphatic heterocycles. The van der Waals surface area contributed by atoms with E-state index in [0.717, 1.165) is 0 Å². The van der Waals surface area contributed by atoms with Gasteiger partial charge in [-0.3, -0.25) is 9.59 Å². The largest absolute Gasteiger partial charge is 0.481 e. The average Bonchev–Trinajstić information content (AvgIpc) is 2.94. The Bertz CT molecular complexity index is 499. The summed E-state index contributed by atoms with van der Waals surface area (Å²) >= 11 is 0. The van der Waals surface area contributed by atoms with E-state index >= 15 is 0 Å². The van der Waals surface area contributed by atoms with Gasteiger partial charge in [-0.2, -0.15) is 4.98 Å². The number of likely N-dealkylation sites (tertiary alicyclic amines) is 1. The van der Waals surface area contributed by atoms with Gasteiger partial charge < -0.3 is 14.5 Å². The second-order valence-corrected chi connectivity index (χ2v) is 5.17. The molecule has 7 heteroatoms. The molecule has 0 bridgehead atoms. The summed E-state index contributed by atoms with van der Waals surface area (Å²) in [5.74, 6) is 0.0595. The minimum atomic E-state index is -0.852. The Morgan fingerprint density at radius 3 is 2.79 bits per heavy atom. The fourth-order valence-electron chi connectivity index (χ4n) is 2.16. The maximum Gasteiger partial charge on any atom is 0.311 e. The molecular weight excluding hydrogens is 250 g/mol. The molecule has 7 nitrogen and oxygen atoms in total. The summed E-state index contributed by atoms with van der Waals surface area (Å²) in [5, 5.41) is 12.8. The van der Waals surface area contributed by atoms with Crippen LogP contribution in [0.4, 0.5) is 0 Å². The summed E-state index contributed by atoms with van der Waals surface area (Å²) in [6.07, 6.45) is 1.14. The van der Waals surface area contributed by atoms with E-state index in [1.54, 1.807) is 18.7 Å². The first-order valence-corrected chi connectivity index (χ1v) is 6.21. The van der Waals surface area contributed by atoms with Gasteiger partial charge in [0.05, 0.1) is 5.41 Å². The Morgan fingerprint density at radius 1 is 1.53 bits per heavy atom. The molecule has 1 unspecified atom stereocenters. The van der Waals surface area contributed by atoms with E-state index in [-0.39, 0.29) is 18.9 Å². The van der Waals surface area contributed by atoms with E-state index in [1.807, 2.05) is 0 Å². The third kappa shape index (κ3) is 2.91. The monoisotopic (exact) mass is 267 g/mol. The van der Waals surface area contributed by atoms with E-state index in [4.69, 9.17) is 9.63 Å². The molecule has 1 fully saturated rings. The molecule has 0 aromatic carbocycles. The number of hydrogen-bond acceptors (Lipinski definition) is 5. The van der Waals surface area contributed by atoms with Gasteiger partial charge in [-0.25, -0.2) is 0 Å². The highest BCUT2D eigenvalue weighted by atomic mass is 16.5. The number of carboxylic acid groups (broad SMARTS) is 1. The van der Waals surface area contributed by atoms with Crippen molar-refractivity contribution >= 4 is 11.9 Å². The average molecular weight is 267 g/mol. The van der Waals surface area contributed by atoms with Crippen molar-refractivity contribution in [1.82, 2.24) is 15.0 Å². The van der Waals surface area contributed by atoms with Gasteiger partial charge in [-0.1, -0.05) is 5.16 Å². The predicted molar refractivity (Wildman–Crippen MR) is 64.3 cm³/mol. The molecule has 104 valence electrons. The summed E-state index contributed by atoms with van der Waals surface area (Å²) < 4.78 is 4.93. The molecule has 19 heavy (non-hydrogen) atoms. The molecule has 0 saturated carbocycles. The van der Waals surface area contributed by atoms with Crippen LogP contribution in [0.25, 0.3) is 0 Å². The molecule has 0 spiro atoms. The van der Waals surface area contributed by atoms with Gasteiger partial charge in [0.15, 0.2) is 5.82 Å². The lowest BCUT2D eigenvalue weighted by atomic mass is 9.90. The highest BCUT2D eigenvalue weighted by molar-refractivity contribution is 5.80. The third-order valence-corrected chi connectivity index (χ3v) is 3.46. The number of carbonyl (C=O) groups is 2. The number of aliphatic carboxylic acids is 1. The number of carbonyl (C=O) groups excluding carboxylic acids is 1. The van der Waals surface area contributed by atoms with Crippen molar-refractivity contribution in [1.29, 1.82) is 0 Å². The molecular formula is C12H17N3O4. The number of aryl methyl sites for hydroxylation is 2. The van der Waals surface area contributed by atoms with Crippen molar-refractivity contribution in [3.8, 4) is 0 Å². The molecule has 1 aromatic heterocycles. The van der Waals surface area contributed by atoms with Crippen LogP contribution >= 0.6 is 0 Å². The number of carboxylic acids is 1. The number of nitrogens with zero attached hydrogens (tertiary/aromatic N) is 3. The maximum atomic E-state index is 12.0. The van der Waals surface area contributed by atoms with Crippen molar-refractivity contribution in [2.24, 2.45) is 5.41 Å². The molecule has 0 radical (unpaired) electrons. The SMILES string of the molecule is Cc1noc(CCC(=O)N2CCC(C)(C(=O)O)C2)n1. The minimum Gasteiger partial charge on any atom is -0.481 e. The van der Waals surface area contributed by atoms with Crippen LogP contribution in [0.15, 0.2) is 4.52 Å². The zero-order valence-corrected chi connectivity index (χ0v) is 11.0. The number of amides is 1. The zero-order chi connectivity index (χ0) is 14.0. The van der Waals surface area contributed by atoms with Crippen LogP contribution in [0, 0.1) is 12.3 Å². The lowest BCUT2D eigenvalue weighted by molar-refractivity contribution is -0.147. The van der Waals surface area contributed by atoms with Crippen molar-refractivity contribution in [2.45, 2.75) is 33.1 Å². The van der Waals surface area contributed by atoms with Crippen LogP contribution < -0.4 is 0 Å². The van der Waals surface area contributed by atoms with Gasteiger partial charge in [0, 0.05) is 25.9 Å². The fraction of sp³-hybridized carbons (Fsp3) is 0.667. The van der Waals surface area contributed by atoms with E-state index in [0.29, 0.717) is 31.1 Å². The van der Waals surface area contributed by atoms with Crippen LogP contribution in [-0.4, -0.2) is 45.1 Å². The van der Waals surface area contributed by atoms with Crippen molar-refractivity contribution in [3.05, 3.63) is 11.7 Å². The number of rotatable bonds is 4. The third-order valence-electron chi connectivity index (χ3n) is 3.46. The van der Waals surface area contributed by atoms with Crippen molar-refractivity contribution < 1.29 is 19.2 Å². The molecule has 1 amide bonds. The Morgan fingerprint density at radius 2 is 2.26 bits per heavy atom. The summed E-state index contributed by atoms with van der Waals surface area (Å²) in [5.41, 5.74) is -0.823. The topological polar surface area (TPSA) is 96.5 Å². The molecule has 1 aliphatic rings. The van der Waals surface area contributed by atoms with Gasteiger partial charge in [0.2, 0.25) is 11.8 Å². The Hall–Kier alpha value is -1.92. The first-order valence-electron chi connectivity index (χ1n) is 6.21. The van der Waals surface area contributed by atoms with Crippen molar-refractivity contribution in [3.63, 3.8) is 0 Å². The fourth-order valence-corrected chi connectivity index (χ4v) is 2.16. The molecule has 1 N–H and O–H groups in total. The predicted octanol–water partition coefficient (Wildman–Crippen LogP) is 0.634. The van der Waals surface area contributed by atoms with Gasteiger partial charge in [0.25, 0.3) is 0 Å². The van der Waals surface area contributed by atoms with Gasteiger partial charge in [-0.05, 0) is 20.3 Å². The van der Waals surface area contributed by atoms with Gasteiger partial charge in [0.1, 0.15) is 0 Å². The number of hydrogen-bond donors (Lipinski definition) is 1. The number of aromatic nitrogens is 2. The molecule has 1 saturated heterocycles. The lowest BCUT2D eigenvalue weighted by Gasteiger charge is -2.19. The van der Waals surface area contributed by atoms with Crippen molar-refractivity contribution in [2.75, 3.05) is 13.1 Å². The van der Waals surface area contributed by atoms with Crippen LogP contribution in [0.1, 0.15) is 31.5 Å². The van der Waals surface area contributed by atoms with Gasteiger partial charge in [-0.15, -0.1) is 0 Å². The van der Waals surface area contributed by atoms with E-state index < -0.39 is 11.4 Å². The molecule has 2 rings (SSSR count). The van der Waals surface area contributed by atoms with Crippen LogP contribution in [0.3, 0.4) is 0 Å². The van der Waals surface area contributed by atoms with Gasteiger partial charge >= 0.3 is 5.97 Å². The Labute approximate surface area is 110 Å².